The van der Waals surface area contributed by atoms with Gasteiger partial charge in [0, 0.05) is 6.42 Å². The van der Waals surface area contributed by atoms with Crippen LogP contribution in [0.4, 0.5) is 5.95 Å². The summed E-state index contributed by atoms with van der Waals surface area (Å²) in [6, 6.07) is -1.24. The van der Waals surface area contributed by atoms with Gasteiger partial charge in [-0.25, -0.2) is 4.79 Å². The van der Waals surface area contributed by atoms with Crippen LogP contribution >= 0.6 is 0 Å². The lowest BCUT2D eigenvalue weighted by Crippen LogP contribution is -2.41. The number of aromatic nitrogens is 3. The first-order valence-corrected chi connectivity index (χ1v) is 5.22. The summed E-state index contributed by atoms with van der Waals surface area (Å²) in [5, 5.41) is 16.8. The minimum Gasteiger partial charge on any atom is -0.480 e. The molecule has 0 saturated carbocycles. The Labute approximate surface area is 107 Å². The summed E-state index contributed by atoms with van der Waals surface area (Å²) in [5.41, 5.74) is 5.21. The van der Waals surface area contributed by atoms with Crippen molar-refractivity contribution in [1.29, 1.82) is 0 Å². The number of nitrogen functional groups attached to an aromatic ring is 1. The molecular weight excluding hydrogens is 258 g/mol. The fraction of sp³-hybridized carbons (Fsp3) is 0.444. The summed E-state index contributed by atoms with van der Waals surface area (Å²) in [6.45, 7) is 0. The molecule has 0 aliphatic heterocycles. The van der Waals surface area contributed by atoms with E-state index in [1.807, 2.05) is 0 Å². The van der Waals surface area contributed by atoms with E-state index < -0.39 is 23.9 Å². The molecule has 0 aliphatic carbocycles. The van der Waals surface area contributed by atoms with Crippen LogP contribution in [0, 0.1) is 0 Å². The predicted octanol–water partition coefficient (Wildman–Crippen LogP) is -1.48. The number of H-pyrrole nitrogens is 1. The van der Waals surface area contributed by atoms with E-state index in [9.17, 15) is 14.4 Å². The molecule has 0 aromatic carbocycles. The Kier molecular flexibility index (Phi) is 4.80. The molecule has 1 aromatic heterocycles. The molecule has 1 amide bonds. The minimum absolute atomic E-state index is 0.0998. The number of hydrogen-bond donors (Lipinski definition) is 4. The van der Waals surface area contributed by atoms with Crippen molar-refractivity contribution >= 4 is 23.8 Å². The fourth-order valence-electron chi connectivity index (χ4n) is 1.22. The predicted molar refractivity (Wildman–Crippen MR) is 60.9 cm³/mol. The van der Waals surface area contributed by atoms with Crippen LogP contribution < -0.4 is 11.1 Å². The second kappa shape index (κ2) is 6.33. The number of hydrogen-bond acceptors (Lipinski definition) is 7. The van der Waals surface area contributed by atoms with Crippen LogP contribution in [0.1, 0.15) is 23.5 Å². The molecule has 10 nitrogen and oxygen atoms in total. The Morgan fingerprint density at radius 2 is 2.21 bits per heavy atom. The van der Waals surface area contributed by atoms with Crippen LogP contribution in [-0.2, 0) is 14.3 Å². The molecule has 0 fully saturated rings. The SMILES string of the molecule is COC(=O)CC[C@@H](NC(=O)c1nc(N)n[nH]1)C(=O)O. The Bertz CT molecular complexity index is 485. The third-order valence-corrected chi connectivity index (χ3v) is 2.19. The standard InChI is InChI=1S/C9H13N5O5/c1-19-5(15)3-2-4(8(17)18)11-7(16)6-12-9(10)14-13-6/h4H,2-3H2,1H3,(H,11,16)(H,17,18)(H3,10,12,13,14)/t4-/m1/s1. The molecule has 10 heteroatoms. The lowest BCUT2D eigenvalue weighted by Gasteiger charge is -2.12. The van der Waals surface area contributed by atoms with Gasteiger partial charge in [-0.2, -0.15) is 4.98 Å². The number of aliphatic carboxylic acids is 1. The summed E-state index contributed by atoms with van der Waals surface area (Å²) in [6.07, 6.45) is -0.232. The molecule has 1 rings (SSSR count). The molecular formula is C9H13N5O5. The average molecular weight is 271 g/mol. The smallest absolute Gasteiger partial charge is 0.326 e. The van der Waals surface area contributed by atoms with Crippen molar-refractivity contribution in [2.24, 2.45) is 0 Å². The molecule has 0 bridgehead atoms. The van der Waals surface area contributed by atoms with Gasteiger partial charge in [0.05, 0.1) is 7.11 Å². The van der Waals surface area contributed by atoms with E-state index in [2.05, 4.69) is 25.2 Å². The van der Waals surface area contributed by atoms with Crippen molar-refractivity contribution in [1.82, 2.24) is 20.5 Å². The van der Waals surface area contributed by atoms with Crippen molar-refractivity contribution in [3.8, 4) is 0 Å². The largest absolute Gasteiger partial charge is 0.480 e. The number of aromatic amines is 1. The first kappa shape index (κ1) is 14.4. The average Bonchev–Trinajstić information content (AvgIpc) is 2.80. The number of carbonyl (C=O) groups is 3. The van der Waals surface area contributed by atoms with Gasteiger partial charge in [-0.05, 0) is 6.42 Å². The number of nitrogens with zero attached hydrogens (tertiary/aromatic N) is 2. The summed E-state index contributed by atoms with van der Waals surface area (Å²) in [4.78, 5) is 37.0. The van der Waals surface area contributed by atoms with Gasteiger partial charge < -0.3 is 20.9 Å². The molecule has 1 aromatic rings. The monoisotopic (exact) mass is 271 g/mol. The highest BCUT2D eigenvalue weighted by Gasteiger charge is 2.23. The second-order valence-electron chi connectivity index (χ2n) is 3.52. The number of rotatable bonds is 6. The van der Waals surface area contributed by atoms with Gasteiger partial charge in [-0.3, -0.25) is 14.7 Å². The number of carbonyl (C=O) groups excluding carboxylic acids is 2. The Morgan fingerprint density at radius 3 is 2.68 bits per heavy atom. The molecule has 1 atom stereocenters. The summed E-state index contributed by atoms with van der Waals surface area (Å²) in [5.74, 6) is -2.95. The summed E-state index contributed by atoms with van der Waals surface area (Å²) in [7, 11) is 1.19. The van der Waals surface area contributed by atoms with Crippen molar-refractivity contribution in [3.63, 3.8) is 0 Å². The Hall–Kier alpha value is -2.65. The van der Waals surface area contributed by atoms with E-state index in [1.165, 1.54) is 7.11 Å². The number of anilines is 1. The van der Waals surface area contributed by atoms with Crippen molar-refractivity contribution in [3.05, 3.63) is 5.82 Å². The Morgan fingerprint density at radius 1 is 1.53 bits per heavy atom. The number of esters is 1. The number of nitrogens with one attached hydrogen (secondary N) is 2. The molecule has 0 aliphatic rings. The zero-order valence-corrected chi connectivity index (χ0v) is 10.0. The van der Waals surface area contributed by atoms with E-state index >= 15 is 0 Å². The molecule has 104 valence electrons. The van der Waals surface area contributed by atoms with Gasteiger partial charge in [-0.1, -0.05) is 0 Å². The molecule has 0 spiro atoms. The number of carboxylic acids is 1. The van der Waals surface area contributed by atoms with E-state index in [4.69, 9.17) is 10.8 Å². The first-order chi connectivity index (χ1) is 8.93. The first-order valence-electron chi connectivity index (χ1n) is 5.22. The van der Waals surface area contributed by atoms with Crippen LogP contribution in [0.25, 0.3) is 0 Å². The summed E-state index contributed by atoms with van der Waals surface area (Å²) >= 11 is 0. The zero-order valence-electron chi connectivity index (χ0n) is 10.0. The highest BCUT2D eigenvalue weighted by molar-refractivity contribution is 5.93. The molecule has 0 saturated heterocycles. The fourth-order valence-corrected chi connectivity index (χ4v) is 1.22. The lowest BCUT2D eigenvalue weighted by molar-refractivity contribution is -0.142. The number of ether oxygens (including phenoxy) is 1. The van der Waals surface area contributed by atoms with Gasteiger partial charge >= 0.3 is 11.9 Å². The van der Waals surface area contributed by atoms with Crippen molar-refractivity contribution < 1.29 is 24.2 Å². The molecule has 1 heterocycles. The van der Waals surface area contributed by atoms with Crippen LogP contribution in [0.5, 0.6) is 0 Å². The van der Waals surface area contributed by atoms with E-state index in [0.29, 0.717) is 0 Å². The second-order valence-corrected chi connectivity index (χ2v) is 3.52. The Balaban J connectivity index is 2.61. The number of amides is 1. The van der Waals surface area contributed by atoms with Crippen LogP contribution in [0.3, 0.4) is 0 Å². The van der Waals surface area contributed by atoms with Crippen LogP contribution in [-0.4, -0.2) is 51.3 Å². The van der Waals surface area contributed by atoms with Crippen molar-refractivity contribution in [2.75, 3.05) is 12.8 Å². The highest BCUT2D eigenvalue weighted by atomic mass is 16.5. The highest BCUT2D eigenvalue weighted by Crippen LogP contribution is 2.01. The number of nitrogens with two attached hydrogens (primary N) is 1. The minimum atomic E-state index is -1.27. The number of carboxylic acid groups (broad SMARTS) is 1. The molecule has 5 N–H and O–H groups in total. The van der Waals surface area contributed by atoms with E-state index in [0.717, 1.165) is 0 Å². The van der Waals surface area contributed by atoms with Crippen LogP contribution in [0.2, 0.25) is 0 Å². The van der Waals surface area contributed by atoms with E-state index in [-0.39, 0.29) is 24.6 Å². The lowest BCUT2D eigenvalue weighted by atomic mass is 10.1. The maximum Gasteiger partial charge on any atom is 0.326 e. The maximum atomic E-state index is 11.6. The maximum absolute atomic E-state index is 11.6. The summed E-state index contributed by atoms with van der Waals surface area (Å²) < 4.78 is 4.38. The van der Waals surface area contributed by atoms with Gasteiger partial charge in [-0.15, -0.1) is 5.10 Å². The van der Waals surface area contributed by atoms with Gasteiger partial charge in [0.2, 0.25) is 11.8 Å². The van der Waals surface area contributed by atoms with Gasteiger partial charge in [0.25, 0.3) is 5.91 Å². The molecule has 19 heavy (non-hydrogen) atoms. The topological polar surface area (TPSA) is 160 Å². The van der Waals surface area contributed by atoms with Gasteiger partial charge in [0.1, 0.15) is 6.04 Å². The molecule has 0 unspecified atom stereocenters. The molecule has 0 radical (unpaired) electrons. The van der Waals surface area contributed by atoms with Gasteiger partial charge in [0.15, 0.2) is 0 Å². The number of methoxy groups -OCH3 is 1. The normalized spacial score (nSPS) is 11.6. The third kappa shape index (κ3) is 4.26. The third-order valence-electron chi connectivity index (χ3n) is 2.19. The van der Waals surface area contributed by atoms with E-state index in [1.54, 1.807) is 0 Å². The van der Waals surface area contributed by atoms with Crippen LogP contribution in [0.15, 0.2) is 0 Å². The zero-order chi connectivity index (χ0) is 14.4. The van der Waals surface area contributed by atoms with Crippen molar-refractivity contribution in [2.45, 2.75) is 18.9 Å². The quantitative estimate of drug-likeness (QED) is 0.455.